The van der Waals surface area contributed by atoms with E-state index in [1.807, 2.05) is 30.5 Å². The molecule has 1 aromatic heterocycles. The zero-order chi connectivity index (χ0) is 16.7. The topological polar surface area (TPSA) is 87.2 Å². The van der Waals surface area contributed by atoms with Crippen LogP contribution in [0.2, 0.25) is 0 Å². The standard InChI is InChI=1S/C16H21N3O3S/c1-22-15-6-4-3-5-12(15)13-9-14(19-18-13)16(21)17-11(10-20)7-8-23-2/h3-6,9,11,20H,7-8,10H2,1-2H3,(H,17,21)(H,18,19)/t11-/m0/s1. The number of benzene rings is 1. The molecular formula is C16H21N3O3S. The second-order valence-corrected chi connectivity index (χ2v) is 5.99. The summed E-state index contributed by atoms with van der Waals surface area (Å²) in [5, 5.41) is 19.1. The zero-order valence-electron chi connectivity index (χ0n) is 13.2. The molecule has 0 aliphatic carbocycles. The van der Waals surface area contributed by atoms with Crippen molar-refractivity contribution in [1.82, 2.24) is 15.5 Å². The molecule has 0 spiro atoms. The number of hydrogen-bond donors (Lipinski definition) is 3. The summed E-state index contributed by atoms with van der Waals surface area (Å²) in [6.45, 7) is -0.0835. The summed E-state index contributed by atoms with van der Waals surface area (Å²) < 4.78 is 5.31. The Hall–Kier alpha value is -1.99. The van der Waals surface area contributed by atoms with E-state index in [9.17, 15) is 9.90 Å². The molecule has 1 atom stereocenters. The van der Waals surface area contributed by atoms with Crippen molar-refractivity contribution in [3.05, 3.63) is 36.0 Å². The predicted octanol–water partition coefficient (Wildman–Crippen LogP) is 1.93. The van der Waals surface area contributed by atoms with E-state index >= 15 is 0 Å². The SMILES string of the molecule is COc1ccccc1-c1cc(C(=O)N[C@H](CO)CCSC)[nH]n1. The van der Waals surface area contributed by atoms with E-state index in [-0.39, 0.29) is 18.6 Å². The Balaban J connectivity index is 2.10. The first-order chi connectivity index (χ1) is 11.2. The van der Waals surface area contributed by atoms with E-state index in [0.717, 1.165) is 17.7 Å². The number of aliphatic hydroxyl groups is 1. The molecule has 7 heteroatoms. The van der Waals surface area contributed by atoms with Crippen molar-refractivity contribution in [2.75, 3.05) is 25.7 Å². The fourth-order valence-corrected chi connectivity index (χ4v) is 2.68. The van der Waals surface area contributed by atoms with Gasteiger partial charge in [0.05, 0.1) is 25.5 Å². The number of rotatable bonds is 8. The predicted molar refractivity (Wildman–Crippen MR) is 91.9 cm³/mol. The summed E-state index contributed by atoms with van der Waals surface area (Å²) in [5.74, 6) is 1.29. The number of carbonyl (C=O) groups is 1. The number of amides is 1. The van der Waals surface area contributed by atoms with Crippen LogP contribution in [0.25, 0.3) is 11.3 Å². The molecule has 0 bridgehead atoms. The number of aromatic amines is 1. The van der Waals surface area contributed by atoms with E-state index in [2.05, 4.69) is 15.5 Å². The molecule has 0 saturated heterocycles. The number of para-hydroxylation sites is 1. The normalized spacial score (nSPS) is 12.0. The summed E-state index contributed by atoms with van der Waals surface area (Å²) in [5.41, 5.74) is 1.80. The van der Waals surface area contributed by atoms with Crippen LogP contribution in [0.3, 0.4) is 0 Å². The van der Waals surface area contributed by atoms with Crippen molar-refractivity contribution < 1.29 is 14.6 Å². The highest BCUT2D eigenvalue weighted by molar-refractivity contribution is 7.98. The number of carbonyl (C=O) groups excluding carboxylic acids is 1. The lowest BCUT2D eigenvalue weighted by Gasteiger charge is -2.14. The van der Waals surface area contributed by atoms with Gasteiger partial charge >= 0.3 is 0 Å². The van der Waals surface area contributed by atoms with Gasteiger partial charge in [0.2, 0.25) is 0 Å². The van der Waals surface area contributed by atoms with E-state index in [1.54, 1.807) is 24.9 Å². The van der Waals surface area contributed by atoms with Gasteiger partial charge in [0, 0.05) is 5.56 Å². The zero-order valence-corrected chi connectivity index (χ0v) is 14.0. The Kier molecular flexibility index (Phi) is 6.49. The van der Waals surface area contributed by atoms with Crippen molar-refractivity contribution in [3.63, 3.8) is 0 Å². The van der Waals surface area contributed by atoms with Gasteiger partial charge in [-0.25, -0.2) is 0 Å². The molecule has 0 aliphatic heterocycles. The Morgan fingerprint density at radius 1 is 1.48 bits per heavy atom. The number of aliphatic hydroxyl groups excluding tert-OH is 1. The molecule has 124 valence electrons. The van der Waals surface area contributed by atoms with Crippen molar-refractivity contribution >= 4 is 17.7 Å². The summed E-state index contributed by atoms with van der Waals surface area (Å²) in [6, 6.07) is 8.90. The maximum Gasteiger partial charge on any atom is 0.269 e. The molecule has 1 amide bonds. The monoisotopic (exact) mass is 335 g/mol. The van der Waals surface area contributed by atoms with E-state index in [4.69, 9.17) is 4.74 Å². The smallest absolute Gasteiger partial charge is 0.269 e. The van der Waals surface area contributed by atoms with Crippen LogP contribution >= 0.6 is 11.8 Å². The van der Waals surface area contributed by atoms with Crippen LogP contribution in [0.1, 0.15) is 16.9 Å². The van der Waals surface area contributed by atoms with Crippen LogP contribution in [0.4, 0.5) is 0 Å². The van der Waals surface area contributed by atoms with Crippen LogP contribution < -0.4 is 10.1 Å². The number of nitrogens with zero attached hydrogens (tertiary/aromatic N) is 1. The first-order valence-electron chi connectivity index (χ1n) is 7.29. The largest absolute Gasteiger partial charge is 0.496 e. The Bertz CT molecular complexity index is 645. The third-order valence-electron chi connectivity index (χ3n) is 3.43. The molecule has 3 N–H and O–H groups in total. The molecule has 2 rings (SSSR count). The highest BCUT2D eigenvalue weighted by atomic mass is 32.2. The minimum Gasteiger partial charge on any atom is -0.496 e. The molecule has 0 unspecified atom stereocenters. The van der Waals surface area contributed by atoms with Crippen molar-refractivity contribution in [2.24, 2.45) is 0 Å². The van der Waals surface area contributed by atoms with Crippen molar-refractivity contribution in [3.8, 4) is 17.0 Å². The average molecular weight is 335 g/mol. The second-order valence-electron chi connectivity index (χ2n) is 5.00. The number of H-pyrrole nitrogens is 1. The maximum absolute atomic E-state index is 12.2. The lowest BCUT2D eigenvalue weighted by molar-refractivity contribution is 0.0910. The molecule has 6 nitrogen and oxygen atoms in total. The molecule has 0 aliphatic rings. The van der Waals surface area contributed by atoms with Crippen LogP contribution in [-0.4, -0.2) is 53.0 Å². The van der Waals surface area contributed by atoms with Gasteiger partial charge in [-0.05, 0) is 36.6 Å². The molecule has 0 radical (unpaired) electrons. The van der Waals surface area contributed by atoms with Gasteiger partial charge in [-0.1, -0.05) is 12.1 Å². The fraction of sp³-hybridized carbons (Fsp3) is 0.375. The van der Waals surface area contributed by atoms with E-state index in [0.29, 0.717) is 17.1 Å². The van der Waals surface area contributed by atoms with Crippen LogP contribution in [0, 0.1) is 0 Å². The van der Waals surface area contributed by atoms with Gasteiger partial charge in [-0.3, -0.25) is 9.89 Å². The Labute approximate surface area is 139 Å². The van der Waals surface area contributed by atoms with Gasteiger partial charge in [0.15, 0.2) is 0 Å². The Morgan fingerprint density at radius 2 is 2.26 bits per heavy atom. The van der Waals surface area contributed by atoms with Gasteiger partial charge < -0.3 is 15.2 Å². The van der Waals surface area contributed by atoms with E-state index in [1.165, 1.54) is 0 Å². The average Bonchev–Trinajstić information content (AvgIpc) is 3.08. The number of nitrogens with one attached hydrogen (secondary N) is 2. The van der Waals surface area contributed by atoms with Gasteiger partial charge in [0.1, 0.15) is 11.4 Å². The molecule has 1 heterocycles. The minimum atomic E-state index is -0.279. The third kappa shape index (κ3) is 4.49. The van der Waals surface area contributed by atoms with Gasteiger partial charge in [-0.2, -0.15) is 16.9 Å². The second kappa shape index (κ2) is 8.59. The first kappa shape index (κ1) is 17.4. The van der Waals surface area contributed by atoms with Crippen molar-refractivity contribution in [2.45, 2.75) is 12.5 Å². The number of methoxy groups -OCH3 is 1. The minimum absolute atomic E-state index is 0.0835. The summed E-state index contributed by atoms with van der Waals surface area (Å²) in [7, 11) is 1.59. The van der Waals surface area contributed by atoms with Crippen LogP contribution in [-0.2, 0) is 0 Å². The van der Waals surface area contributed by atoms with Crippen LogP contribution in [0.15, 0.2) is 30.3 Å². The van der Waals surface area contributed by atoms with Gasteiger partial charge in [-0.15, -0.1) is 0 Å². The molecule has 1 aromatic carbocycles. The molecule has 2 aromatic rings. The third-order valence-corrected chi connectivity index (χ3v) is 4.08. The highest BCUT2D eigenvalue weighted by Crippen LogP contribution is 2.28. The fourth-order valence-electron chi connectivity index (χ4n) is 2.16. The molecule has 0 saturated carbocycles. The lowest BCUT2D eigenvalue weighted by Crippen LogP contribution is -2.38. The summed E-state index contributed by atoms with van der Waals surface area (Å²) in [4.78, 5) is 12.2. The first-order valence-corrected chi connectivity index (χ1v) is 8.68. The maximum atomic E-state index is 12.2. The summed E-state index contributed by atoms with van der Waals surface area (Å²) >= 11 is 1.68. The highest BCUT2D eigenvalue weighted by Gasteiger charge is 2.16. The van der Waals surface area contributed by atoms with Gasteiger partial charge in [0.25, 0.3) is 5.91 Å². The molecule has 23 heavy (non-hydrogen) atoms. The number of aromatic nitrogens is 2. The van der Waals surface area contributed by atoms with Crippen LogP contribution in [0.5, 0.6) is 5.75 Å². The molecular weight excluding hydrogens is 314 g/mol. The summed E-state index contributed by atoms with van der Waals surface area (Å²) in [6.07, 6.45) is 2.71. The van der Waals surface area contributed by atoms with E-state index < -0.39 is 0 Å². The Morgan fingerprint density at radius 3 is 2.96 bits per heavy atom. The lowest BCUT2D eigenvalue weighted by atomic mass is 10.1. The number of ether oxygens (including phenoxy) is 1. The number of thioether (sulfide) groups is 1. The van der Waals surface area contributed by atoms with Crippen molar-refractivity contribution in [1.29, 1.82) is 0 Å². The molecule has 0 fully saturated rings. The quantitative estimate of drug-likeness (QED) is 0.686. The number of hydrogen-bond acceptors (Lipinski definition) is 5.